The number of carbonyl (C=O) groups excluding carboxylic acids is 1. The monoisotopic (exact) mass is 516 g/mol. The molecule has 1 heterocycles. The van der Waals surface area contributed by atoms with E-state index in [0.717, 1.165) is 27.2 Å². The lowest BCUT2D eigenvalue weighted by atomic mass is 9.99. The number of esters is 1. The topological polar surface area (TPSA) is 134 Å². The molecule has 0 radical (unpaired) electrons. The van der Waals surface area contributed by atoms with E-state index >= 15 is 0 Å². The summed E-state index contributed by atoms with van der Waals surface area (Å²) in [6, 6.07) is 12.2. The molecule has 0 bridgehead atoms. The van der Waals surface area contributed by atoms with Crippen LogP contribution in [-0.4, -0.2) is 69.3 Å². The molecule has 0 spiro atoms. The van der Waals surface area contributed by atoms with Crippen molar-refractivity contribution in [1.29, 1.82) is 0 Å². The van der Waals surface area contributed by atoms with Crippen molar-refractivity contribution < 1.29 is 43.9 Å². The van der Waals surface area contributed by atoms with Gasteiger partial charge in [-0.15, -0.1) is 11.8 Å². The third-order valence-electron chi connectivity index (χ3n) is 6.26. The number of carbonyl (C=O) groups is 2. The Bertz CT molecular complexity index is 1240. The molecule has 0 aromatic heterocycles. The average molecular weight is 517 g/mol. The minimum absolute atomic E-state index is 0.325. The van der Waals surface area contributed by atoms with E-state index in [0.29, 0.717) is 11.1 Å². The summed E-state index contributed by atoms with van der Waals surface area (Å²) < 4.78 is 24.3. The highest BCUT2D eigenvalue weighted by Crippen LogP contribution is 2.44. The van der Waals surface area contributed by atoms with Crippen LogP contribution in [0.25, 0.3) is 17.2 Å². The van der Waals surface area contributed by atoms with E-state index in [1.54, 1.807) is 24.8 Å². The maximum atomic E-state index is 14.1. The van der Waals surface area contributed by atoms with Crippen LogP contribution in [0.15, 0.2) is 52.9 Å². The molecule has 1 saturated heterocycles. The van der Waals surface area contributed by atoms with Gasteiger partial charge in [-0.1, -0.05) is 18.2 Å². The lowest BCUT2D eigenvalue weighted by molar-refractivity contribution is -0.286. The molecule has 3 unspecified atom stereocenters. The van der Waals surface area contributed by atoms with Crippen molar-refractivity contribution in [2.75, 3.05) is 6.26 Å². The standard InChI is InChI=1S/C26H25FO8S/c1-12-17(9-13-3-6-15(36-2)7-4-13)16-8-5-14(27)10-19(16)18(12)11-20(28)34-26-23(31)21(29)22(30)24(35-26)25(32)33/h3-10,21-24,26,29-31H,11H2,1-2H3,(H,32,33)/b17-9-/t21?,22-,23?,24?,26+/m0/s1. The van der Waals surface area contributed by atoms with Gasteiger partial charge in [0.25, 0.3) is 0 Å². The summed E-state index contributed by atoms with van der Waals surface area (Å²) in [6.45, 7) is 1.80. The number of aliphatic carboxylic acids is 1. The molecule has 5 atom stereocenters. The summed E-state index contributed by atoms with van der Waals surface area (Å²) in [5.74, 6) is -2.96. The lowest BCUT2D eigenvalue weighted by Crippen LogP contribution is -2.60. The summed E-state index contributed by atoms with van der Waals surface area (Å²) in [4.78, 5) is 25.2. The van der Waals surface area contributed by atoms with Crippen LogP contribution in [0, 0.1) is 5.82 Å². The summed E-state index contributed by atoms with van der Waals surface area (Å²) in [7, 11) is 0. The van der Waals surface area contributed by atoms with Crippen LogP contribution in [0.2, 0.25) is 0 Å². The molecule has 10 heteroatoms. The molecule has 2 aliphatic rings. The third-order valence-corrected chi connectivity index (χ3v) is 7.01. The predicted molar refractivity (Wildman–Crippen MR) is 130 cm³/mol. The zero-order chi connectivity index (χ0) is 26.1. The number of rotatable bonds is 6. The molecule has 4 N–H and O–H groups in total. The van der Waals surface area contributed by atoms with Crippen LogP contribution in [0.3, 0.4) is 0 Å². The van der Waals surface area contributed by atoms with Crippen LogP contribution >= 0.6 is 11.8 Å². The van der Waals surface area contributed by atoms with Crippen molar-refractivity contribution >= 4 is 40.9 Å². The minimum Gasteiger partial charge on any atom is -0.479 e. The van der Waals surface area contributed by atoms with Gasteiger partial charge < -0.3 is 29.9 Å². The highest BCUT2D eigenvalue weighted by molar-refractivity contribution is 7.98. The number of aliphatic hydroxyl groups excluding tert-OH is 3. The normalized spacial score (nSPS) is 26.7. The molecule has 8 nitrogen and oxygen atoms in total. The van der Waals surface area contributed by atoms with E-state index in [4.69, 9.17) is 9.47 Å². The molecule has 0 saturated carbocycles. The third kappa shape index (κ3) is 5.09. The van der Waals surface area contributed by atoms with Gasteiger partial charge in [0.15, 0.2) is 6.10 Å². The summed E-state index contributed by atoms with van der Waals surface area (Å²) in [5.41, 5.74) is 4.22. The fourth-order valence-corrected chi connectivity index (χ4v) is 4.72. The molecule has 36 heavy (non-hydrogen) atoms. The highest BCUT2D eigenvalue weighted by atomic mass is 32.2. The van der Waals surface area contributed by atoms with Crippen LogP contribution < -0.4 is 0 Å². The summed E-state index contributed by atoms with van der Waals surface area (Å²) >= 11 is 1.62. The quantitative estimate of drug-likeness (QED) is 0.338. The number of benzene rings is 2. The van der Waals surface area contributed by atoms with Crippen molar-refractivity contribution in [2.24, 2.45) is 0 Å². The second-order valence-electron chi connectivity index (χ2n) is 8.53. The zero-order valence-corrected chi connectivity index (χ0v) is 20.2. The predicted octanol–water partition coefficient (Wildman–Crippen LogP) is 2.70. The number of hydrogen-bond acceptors (Lipinski definition) is 8. The second-order valence-corrected chi connectivity index (χ2v) is 9.41. The Morgan fingerprint density at radius 1 is 1.06 bits per heavy atom. The Labute approximate surface area is 210 Å². The van der Waals surface area contributed by atoms with Crippen molar-refractivity contribution in [1.82, 2.24) is 0 Å². The molecule has 1 fully saturated rings. The molecule has 1 aliphatic heterocycles. The number of hydrogen-bond donors (Lipinski definition) is 4. The number of halogens is 1. The average Bonchev–Trinajstić information content (AvgIpc) is 3.09. The van der Waals surface area contributed by atoms with Crippen LogP contribution in [-0.2, 0) is 19.1 Å². The van der Waals surface area contributed by atoms with Gasteiger partial charge in [0, 0.05) is 4.90 Å². The first-order valence-electron chi connectivity index (χ1n) is 11.1. The Kier molecular flexibility index (Phi) is 7.62. The number of thioether (sulfide) groups is 1. The second kappa shape index (κ2) is 10.5. The van der Waals surface area contributed by atoms with Gasteiger partial charge in [0.2, 0.25) is 6.29 Å². The Balaban J connectivity index is 1.60. The number of aliphatic hydroxyl groups is 3. The van der Waals surface area contributed by atoms with E-state index in [2.05, 4.69) is 0 Å². The maximum absolute atomic E-state index is 14.1. The first-order chi connectivity index (χ1) is 17.1. The molecule has 0 amide bonds. The van der Waals surface area contributed by atoms with Crippen LogP contribution in [0.5, 0.6) is 0 Å². The zero-order valence-electron chi connectivity index (χ0n) is 19.4. The number of allylic oxidation sites excluding steroid dienone is 2. The largest absolute Gasteiger partial charge is 0.479 e. The van der Waals surface area contributed by atoms with Crippen molar-refractivity contribution in [3.8, 4) is 0 Å². The molecule has 4 rings (SSSR count). The smallest absolute Gasteiger partial charge is 0.335 e. The minimum atomic E-state index is -1.90. The van der Waals surface area contributed by atoms with Crippen LogP contribution in [0.4, 0.5) is 4.39 Å². The number of fused-ring (bicyclic) bond motifs is 1. The van der Waals surface area contributed by atoms with Crippen molar-refractivity contribution in [2.45, 2.75) is 48.9 Å². The van der Waals surface area contributed by atoms with Gasteiger partial charge in [-0.25, -0.2) is 9.18 Å². The first kappa shape index (κ1) is 26.1. The van der Waals surface area contributed by atoms with Gasteiger partial charge in [0.1, 0.15) is 24.1 Å². The number of carboxylic acids is 1. The first-order valence-corrected chi connectivity index (χ1v) is 12.3. The molecular weight excluding hydrogens is 491 g/mol. The maximum Gasteiger partial charge on any atom is 0.335 e. The molecule has 190 valence electrons. The summed E-state index contributed by atoms with van der Waals surface area (Å²) in [6.07, 6.45) is -5.76. The Morgan fingerprint density at radius 2 is 1.75 bits per heavy atom. The van der Waals surface area contributed by atoms with Gasteiger partial charge in [-0.05, 0) is 76.9 Å². The molecule has 1 aliphatic carbocycles. The highest BCUT2D eigenvalue weighted by Gasteiger charge is 2.48. The summed E-state index contributed by atoms with van der Waals surface area (Å²) in [5, 5.41) is 39.1. The van der Waals surface area contributed by atoms with Gasteiger partial charge in [0.05, 0.1) is 6.42 Å². The molecule has 2 aromatic rings. The fraction of sp³-hybridized carbons (Fsp3) is 0.308. The number of ether oxygens (including phenoxy) is 2. The van der Waals surface area contributed by atoms with Gasteiger partial charge in [-0.2, -0.15) is 0 Å². The van der Waals surface area contributed by atoms with Crippen molar-refractivity contribution in [3.05, 3.63) is 70.5 Å². The van der Waals surface area contributed by atoms with Gasteiger partial charge in [-0.3, -0.25) is 4.79 Å². The fourth-order valence-electron chi connectivity index (χ4n) is 4.31. The van der Waals surface area contributed by atoms with E-state index in [1.807, 2.05) is 36.6 Å². The number of carboxylic acid groups (broad SMARTS) is 1. The van der Waals surface area contributed by atoms with Crippen LogP contribution in [0.1, 0.15) is 30.0 Å². The lowest BCUT2D eigenvalue weighted by Gasteiger charge is -2.38. The Hall–Kier alpha value is -3.02. The van der Waals surface area contributed by atoms with E-state index in [1.165, 1.54) is 12.1 Å². The Morgan fingerprint density at radius 3 is 2.39 bits per heavy atom. The van der Waals surface area contributed by atoms with E-state index in [-0.39, 0.29) is 6.42 Å². The molecular formula is C26H25FO8S. The van der Waals surface area contributed by atoms with E-state index < -0.39 is 48.5 Å². The SMILES string of the molecule is CSc1ccc(/C=C2/C(C)=C(CC(=O)O[C@@H]3OC(C(=O)O)[C@@H](O)C(O)C3O)c3cc(F)ccc32)cc1. The molecule has 2 aromatic carbocycles. The van der Waals surface area contributed by atoms with Gasteiger partial charge >= 0.3 is 11.9 Å². The van der Waals surface area contributed by atoms with E-state index in [9.17, 15) is 34.4 Å². The van der Waals surface area contributed by atoms with Crippen molar-refractivity contribution in [3.63, 3.8) is 0 Å².